The first-order valence-electron chi connectivity index (χ1n) is 6.21. The number of carbonyl (C=O) groups excluding carboxylic acids is 2. The molecule has 21 heavy (non-hydrogen) atoms. The normalized spacial score (nSPS) is 13.1. The zero-order chi connectivity index (χ0) is 14.8. The number of anilines is 1. The molecule has 0 fully saturated rings. The van der Waals surface area contributed by atoms with E-state index in [2.05, 4.69) is 26.6 Å². The Hall–Kier alpha value is -1.86. The van der Waals surface area contributed by atoms with Crippen LogP contribution in [0.2, 0.25) is 0 Å². The molecule has 5 nitrogen and oxygen atoms in total. The highest BCUT2D eigenvalue weighted by Gasteiger charge is 2.17. The summed E-state index contributed by atoms with van der Waals surface area (Å²) in [4.78, 5) is 24.4. The lowest BCUT2D eigenvalue weighted by Gasteiger charge is -2.18. The van der Waals surface area contributed by atoms with Crippen molar-refractivity contribution >= 4 is 44.8 Å². The van der Waals surface area contributed by atoms with Gasteiger partial charge in [0, 0.05) is 10.4 Å². The first kappa shape index (κ1) is 14.1. The van der Waals surface area contributed by atoms with Crippen LogP contribution in [0, 0.1) is 0 Å². The van der Waals surface area contributed by atoms with E-state index in [9.17, 15) is 9.59 Å². The number of ether oxygens (including phenoxy) is 1. The molecule has 3 rings (SSSR count). The van der Waals surface area contributed by atoms with Crippen LogP contribution >= 0.6 is 27.3 Å². The summed E-state index contributed by atoms with van der Waals surface area (Å²) in [5.41, 5.74) is 1.09. The Labute approximate surface area is 133 Å². The summed E-state index contributed by atoms with van der Waals surface area (Å²) < 4.78 is 6.33. The molecule has 0 saturated carbocycles. The second-order valence-electron chi connectivity index (χ2n) is 4.44. The van der Waals surface area contributed by atoms with Gasteiger partial charge in [-0.2, -0.15) is 0 Å². The van der Waals surface area contributed by atoms with Crippen LogP contribution in [0.25, 0.3) is 0 Å². The smallest absolute Gasteiger partial charge is 0.262 e. The second kappa shape index (κ2) is 5.87. The molecule has 108 valence electrons. The van der Waals surface area contributed by atoms with Crippen LogP contribution in [0.5, 0.6) is 5.75 Å². The van der Waals surface area contributed by atoms with Crippen LogP contribution in [0.15, 0.2) is 34.1 Å². The Kier molecular flexibility index (Phi) is 3.94. The number of carbonyl (C=O) groups is 2. The fourth-order valence-corrected chi connectivity index (χ4v) is 3.35. The number of hydrogen-bond acceptors (Lipinski definition) is 4. The van der Waals surface area contributed by atoms with Crippen molar-refractivity contribution in [3.63, 3.8) is 0 Å². The summed E-state index contributed by atoms with van der Waals surface area (Å²) in [6.45, 7) is 0.449. The van der Waals surface area contributed by atoms with Gasteiger partial charge in [0.2, 0.25) is 0 Å². The minimum atomic E-state index is -0.192. The number of rotatable bonds is 3. The van der Waals surface area contributed by atoms with Gasteiger partial charge in [0.15, 0.2) is 6.61 Å². The molecule has 0 saturated heterocycles. The first-order chi connectivity index (χ1) is 10.1. The van der Waals surface area contributed by atoms with Crippen LogP contribution in [0.3, 0.4) is 0 Å². The van der Waals surface area contributed by atoms with Crippen molar-refractivity contribution in [2.75, 3.05) is 11.9 Å². The van der Waals surface area contributed by atoms with E-state index in [0.29, 0.717) is 23.5 Å². The Morgan fingerprint density at radius 2 is 2.24 bits per heavy atom. The molecule has 0 aliphatic carbocycles. The van der Waals surface area contributed by atoms with Gasteiger partial charge in [-0.15, -0.1) is 11.3 Å². The van der Waals surface area contributed by atoms with E-state index in [-0.39, 0.29) is 18.4 Å². The molecule has 0 radical (unpaired) electrons. The third kappa shape index (κ3) is 3.25. The molecule has 2 aromatic rings. The summed E-state index contributed by atoms with van der Waals surface area (Å²) in [7, 11) is 0. The van der Waals surface area contributed by atoms with Crippen molar-refractivity contribution in [2.45, 2.75) is 6.54 Å². The fourth-order valence-electron chi connectivity index (χ4n) is 1.93. The van der Waals surface area contributed by atoms with Crippen molar-refractivity contribution < 1.29 is 14.3 Å². The van der Waals surface area contributed by atoms with Gasteiger partial charge in [-0.3, -0.25) is 9.59 Å². The molecule has 2 amide bonds. The Bertz CT molecular complexity index is 714. The number of hydrogen-bond donors (Lipinski definition) is 2. The minimum Gasteiger partial charge on any atom is -0.482 e. The quantitative estimate of drug-likeness (QED) is 0.877. The van der Waals surface area contributed by atoms with Gasteiger partial charge in [0.05, 0.1) is 16.0 Å². The van der Waals surface area contributed by atoms with Gasteiger partial charge in [0.1, 0.15) is 5.75 Å². The number of thiophene rings is 1. The monoisotopic (exact) mass is 366 g/mol. The van der Waals surface area contributed by atoms with E-state index < -0.39 is 0 Å². The molecule has 7 heteroatoms. The molecule has 1 aromatic carbocycles. The number of fused-ring (bicyclic) bond motifs is 1. The molecule has 2 N–H and O–H groups in total. The van der Waals surface area contributed by atoms with E-state index in [4.69, 9.17) is 4.74 Å². The molecular weight excluding hydrogens is 356 g/mol. The van der Waals surface area contributed by atoms with Gasteiger partial charge in [-0.05, 0) is 46.3 Å². The summed E-state index contributed by atoms with van der Waals surface area (Å²) in [6, 6.07) is 8.87. The lowest BCUT2D eigenvalue weighted by molar-refractivity contribution is -0.118. The van der Waals surface area contributed by atoms with Crippen LogP contribution in [-0.4, -0.2) is 18.4 Å². The van der Waals surface area contributed by atoms with E-state index in [1.807, 2.05) is 12.1 Å². The molecule has 1 aliphatic heterocycles. The SMILES string of the molecule is O=C1COc2cc(C(=O)NCc3ccc(Br)s3)ccc2N1. The fraction of sp³-hybridized carbons (Fsp3) is 0.143. The van der Waals surface area contributed by atoms with E-state index in [1.165, 1.54) is 0 Å². The Morgan fingerprint density at radius 1 is 1.38 bits per heavy atom. The molecular formula is C14H11BrN2O3S. The molecule has 2 heterocycles. The summed E-state index contributed by atoms with van der Waals surface area (Å²) in [5, 5.41) is 5.54. The average Bonchev–Trinajstić information content (AvgIpc) is 2.90. The molecule has 0 unspecified atom stereocenters. The Morgan fingerprint density at radius 3 is 3.00 bits per heavy atom. The van der Waals surface area contributed by atoms with Crippen molar-refractivity contribution in [1.29, 1.82) is 0 Å². The van der Waals surface area contributed by atoms with Gasteiger partial charge >= 0.3 is 0 Å². The largest absolute Gasteiger partial charge is 0.482 e. The van der Waals surface area contributed by atoms with Gasteiger partial charge in [-0.1, -0.05) is 0 Å². The summed E-state index contributed by atoms with van der Waals surface area (Å²) >= 11 is 4.96. The lowest BCUT2D eigenvalue weighted by Crippen LogP contribution is -2.26. The number of amides is 2. The molecule has 0 atom stereocenters. The maximum absolute atomic E-state index is 12.1. The highest BCUT2D eigenvalue weighted by atomic mass is 79.9. The summed E-state index contributed by atoms with van der Waals surface area (Å²) in [6.07, 6.45) is 0. The highest BCUT2D eigenvalue weighted by molar-refractivity contribution is 9.11. The summed E-state index contributed by atoms with van der Waals surface area (Å²) in [5.74, 6) is 0.145. The number of nitrogens with one attached hydrogen (secondary N) is 2. The van der Waals surface area contributed by atoms with Crippen molar-refractivity contribution in [3.05, 3.63) is 44.6 Å². The predicted octanol–water partition coefficient (Wildman–Crippen LogP) is 2.77. The van der Waals surface area contributed by atoms with Crippen LogP contribution in [0.4, 0.5) is 5.69 Å². The predicted molar refractivity (Wildman–Crippen MR) is 83.8 cm³/mol. The van der Waals surface area contributed by atoms with E-state index in [0.717, 1.165) is 8.66 Å². The number of benzene rings is 1. The van der Waals surface area contributed by atoms with Gasteiger partial charge in [0.25, 0.3) is 11.8 Å². The lowest BCUT2D eigenvalue weighted by atomic mass is 10.1. The molecule has 1 aliphatic rings. The zero-order valence-corrected chi connectivity index (χ0v) is 13.2. The second-order valence-corrected chi connectivity index (χ2v) is 6.98. The van der Waals surface area contributed by atoms with E-state index in [1.54, 1.807) is 29.5 Å². The van der Waals surface area contributed by atoms with Crippen LogP contribution < -0.4 is 15.4 Å². The topological polar surface area (TPSA) is 67.4 Å². The van der Waals surface area contributed by atoms with Crippen LogP contribution in [0.1, 0.15) is 15.2 Å². The van der Waals surface area contributed by atoms with Crippen molar-refractivity contribution in [2.24, 2.45) is 0 Å². The standard InChI is InChI=1S/C14H11BrN2O3S/c15-12-4-2-9(21-12)6-16-14(19)8-1-3-10-11(5-8)20-7-13(18)17-10/h1-5H,6-7H2,(H,16,19)(H,17,18). The minimum absolute atomic E-state index is 0.0265. The molecule has 0 bridgehead atoms. The van der Waals surface area contributed by atoms with Gasteiger partial charge in [-0.25, -0.2) is 0 Å². The average molecular weight is 367 g/mol. The first-order valence-corrected chi connectivity index (χ1v) is 7.82. The van der Waals surface area contributed by atoms with Crippen LogP contribution in [-0.2, 0) is 11.3 Å². The third-order valence-corrected chi connectivity index (χ3v) is 4.55. The zero-order valence-electron chi connectivity index (χ0n) is 10.8. The van der Waals surface area contributed by atoms with Gasteiger partial charge < -0.3 is 15.4 Å². The number of halogens is 1. The highest BCUT2D eigenvalue weighted by Crippen LogP contribution is 2.28. The maximum Gasteiger partial charge on any atom is 0.262 e. The molecule has 1 aromatic heterocycles. The van der Waals surface area contributed by atoms with Crippen molar-refractivity contribution in [1.82, 2.24) is 5.32 Å². The third-order valence-electron chi connectivity index (χ3n) is 2.93. The van der Waals surface area contributed by atoms with Crippen molar-refractivity contribution in [3.8, 4) is 5.75 Å². The Balaban J connectivity index is 1.69. The van der Waals surface area contributed by atoms with E-state index >= 15 is 0 Å². The molecule has 0 spiro atoms. The maximum atomic E-state index is 12.1.